The number of hydrogen-bond donors (Lipinski definition) is 2. The first-order valence-corrected chi connectivity index (χ1v) is 15.5. The van der Waals surface area contributed by atoms with E-state index < -0.39 is 35.4 Å². The number of hydrogen-bond acceptors (Lipinski definition) is 4. The molecule has 0 amide bonds. The topological polar surface area (TPSA) is 48.4 Å². The second-order valence-corrected chi connectivity index (χ2v) is 12.4. The number of fused-ring (bicyclic) bond motifs is 11. The lowest BCUT2D eigenvalue weighted by molar-refractivity contribution is -0.0899. The number of anilines is 1. The van der Waals surface area contributed by atoms with Gasteiger partial charge in [0, 0.05) is 34.8 Å². The second kappa shape index (κ2) is 13.2. The Morgan fingerprint density at radius 3 is 2.50 bits per heavy atom. The molecule has 4 nitrogen and oxygen atoms in total. The number of pyridine rings is 1. The number of halogens is 3. The van der Waals surface area contributed by atoms with Gasteiger partial charge < -0.3 is 15.3 Å². The molecule has 1 saturated heterocycles. The number of rotatable bonds is 1. The van der Waals surface area contributed by atoms with Crippen molar-refractivity contribution in [1.29, 1.82) is 0 Å². The molecular weight excluding hydrogens is 535 g/mol. The highest BCUT2D eigenvalue weighted by Gasteiger charge is 2.45. The zero-order valence-corrected chi connectivity index (χ0v) is 24.9. The Morgan fingerprint density at radius 1 is 1.02 bits per heavy atom. The van der Waals surface area contributed by atoms with Gasteiger partial charge in [-0.3, -0.25) is 4.98 Å². The van der Waals surface area contributed by atoms with Crippen molar-refractivity contribution in [3.63, 3.8) is 0 Å². The van der Waals surface area contributed by atoms with Gasteiger partial charge in [0.1, 0.15) is 5.82 Å². The Hall–Kier alpha value is -2.90. The summed E-state index contributed by atoms with van der Waals surface area (Å²) in [7, 11) is 0. The summed E-state index contributed by atoms with van der Waals surface area (Å²) >= 11 is 0. The van der Waals surface area contributed by atoms with Crippen LogP contribution in [0.2, 0.25) is 0 Å². The molecule has 42 heavy (non-hydrogen) atoms. The molecule has 226 valence electrons. The highest BCUT2D eigenvalue weighted by Crippen LogP contribution is 2.44. The largest absolute Gasteiger partial charge is 0.392 e. The Morgan fingerprint density at radius 2 is 1.76 bits per heavy atom. The lowest BCUT2D eigenvalue weighted by atomic mass is 9.85. The smallest absolute Gasteiger partial charge is 0.278 e. The molecule has 3 aliphatic rings. The second-order valence-electron chi connectivity index (χ2n) is 12.4. The SMILES string of the molecule is C=C[C@H]1Nc2cc(C)nc3ccc(cc23)C(C)CCCCCCC(O)CN2CCC(CC2)C(F)(F)c2cccc1c2F. The minimum atomic E-state index is -3.31. The van der Waals surface area contributed by atoms with Crippen molar-refractivity contribution in [2.24, 2.45) is 5.92 Å². The van der Waals surface area contributed by atoms with Gasteiger partial charge in [0.05, 0.1) is 23.2 Å². The molecule has 4 heterocycles. The van der Waals surface area contributed by atoms with E-state index in [0.29, 0.717) is 25.6 Å². The van der Waals surface area contributed by atoms with Gasteiger partial charge in [-0.05, 0) is 75.4 Å². The fourth-order valence-corrected chi connectivity index (χ4v) is 6.72. The summed E-state index contributed by atoms with van der Waals surface area (Å²) < 4.78 is 47.8. The molecule has 0 spiro atoms. The van der Waals surface area contributed by atoms with Crippen molar-refractivity contribution in [1.82, 2.24) is 9.88 Å². The van der Waals surface area contributed by atoms with Gasteiger partial charge in [-0.1, -0.05) is 62.9 Å². The van der Waals surface area contributed by atoms with Gasteiger partial charge >= 0.3 is 0 Å². The van der Waals surface area contributed by atoms with Crippen LogP contribution in [-0.4, -0.2) is 40.7 Å². The molecular formula is C35H44F3N3O. The van der Waals surface area contributed by atoms with Crippen LogP contribution >= 0.6 is 0 Å². The highest BCUT2D eigenvalue weighted by molar-refractivity contribution is 5.92. The van der Waals surface area contributed by atoms with Gasteiger partial charge in [0.25, 0.3) is 5.92 Å². The van der Waals surface area contributed by atoms with Crippen LogP contribution in [0.4, 0.5) is 18.9 Å². The van der Waals surface area contributed by atoms with Gasteiger partial charge in [-0.25, -0.2) is 13.2 Å². The molecule has 0 saturated carbocycles. The van der Waals surface area contributed by atoms with E-state index in [2.05, 4.69) is 35.9 Å². The highest BCUT2D eigenvalue weighted by atomic mass is 19.3. The van der Waals surface area contributed by atoms with Crippen molar-refractivity contribution in [2.75, 3.05) is 25.0 Å². The molecule has 3 aliphatic heterocycles. The number of benzene rings is 2. The summed E-state index contributed by atoms with van der Waals surface area (Å²) in [6.45, 7) is 9.52. The average Bonchev–Trinajstić information content (AvgIpc) is 2.97. The van der Waals surface area contributed by atoms with E-state index in [4.69, 9.17) is 4.98 Å². The average molecular weight is 580 g/mol. The zero-order valence-electron chi connectivity index (χ0n) is 24.9. The minimum Gasteiger partial charge on any atom is -0.392 e. The van der Waals surface area contributed by atoms with Crippen LogP contribution < -0.4 is 5.32 Å². The third-order valence-electron chi connectivity index (χ3n) is 9.29. The number of alkyl halides is 2. The first-order valence-electron chi connectivity index (χ1n) is 15.5. The summed E-state index contributed by atoms with van der Waals surface area (Å²) in [4.78, 5) is 6.78. The number of aromatic nitrogens is 1. The molecule has 0 radical (unpaired) electrons. The van der Waals surface area contributed by atoms with Gasteiger partial charge in [-0.2, -0.15) is 0 Å². The van der Waals surface area contributed by atoms with Gasteiger partial charge in [0.2, 0.25) is 0 Å². The molecule has 6 rings (SSSR count). The maximum absolute atomic E-state index is 16.0. The predicted molar refractivity (Wildman–Crippen MR) is 165 cm³/mol. The van der Waals surface area contributed by atoms with Crippen LogP contribution in [-0.2, 0) is 5.92 Å². The van der Waals surface area contributed by atoms with E-state index in [-0.39, 0.29) is 18.4 Å². The third kappa shape index (κ3) is 6.68. The van der Waals surface area contributed by atoms with Crippen LogP contribution in [0.5, 0.6) is 0 Å². The van der Waals surface area contributed by atoms with Crippen LogP contribution in [0.1, 0.15) is 92.6 Å². The summed E-state index contributed by atoms with van der Waals surface area (Å²) in [5.41, 5.74) is 3.20. The summed E-state index contributed by atoms with van der Waals surface area (Å²) in [6, 6.07) is 11.8. The Kier molecular flexibility index (Phi) is 9.58. The first-order chi connectivity index (χ1) is 20.2. The van der Waals surface area contributed by atoms with E-state index in [1.807, 2.05) is 19.1 Å². The Labute approximate surface area is 248 Å². The zero-order chi connectivity index (χ0) is 29.9. The van der Waals surface area contributed by atoms with Crippen molar-refractivity contribution in [2.45, 2.75) is 89.2 Å². The van der Waals surface area contributed by atoms with Gasteiger partial charge in [0.15, 0.2) is 0 Å². The lowest BCUT2D eigenvalue weighted by Crippen LogP contribution is -2.42. The normalized spacial score (nSPS) is 27.4. The van der Waals surface area contributed by atoms with Crippen LogP contribution in [0.15, 0.2) is 55.1 Å². The van der Waals surface area contributed by atoms with Crippen LogP contribution in [0.25, 0.3) is 10.9 Å². The standard InChI is InChI=1S/C35H44F3N3O/c1-4-31-28-12-9-13-30(34(28)36)35(37,38)26-16-18-41(19-17-26)22-27(42)11-8-6-5-7-10-23(2)25-14-15-32-29(21-25)33(40-31)20-24(3)39-32/h4,9,12-15,20-21,23,26-27,31,40,42H,1,5-8,10-11,16-19,22H2,2-3H3/t23?,27?,31-/m1/s1. The van der Waals surface area contributed by atoms with Crippen molar-refractivity contribution >= 4 is 16.6 Å². The monoisotopic (exact) mass is 579 g/mol. The fourth-order valence-electron chi connectivity index (χ4n) is 6.72. The van der Waals surface area contributed by atoms with E-state index in [1.54, 1.807) is 12.1 Å². The van der Waals surface area contributed by atoms with E-state index in [0.717, 1.165) is 60.8 Å². The molecule has 2 aromatic carbocycles. The number of nitrogens with zero attached hydrogens (tertiary/aromatic N) is 2. The number of aliphatic hydroxyl groups excluding tert-OH is 1. The maximum atomic E-state index is 16.0. The van der Waals surface area contributed by atoms with Crippen molar-refractivity contribution in [3.05, 3.63) is 83.3 Å². The number of nitrogens with one attached hydrogen (secondary N) is 1. The predicted octanol–water partition coefficient (Wildman–Crippen LogP) is 8.64. The molecule has 7 heteroatoms. The molecule has 2 N–H and O–H groups in total. The van der Waals surface area contributed by atoms with E-state index in [9.17, 15) is 5.11 Å². The Bertz CT molecular complexity index is 1390. The molecule has 2 unspecified atom stereocenters. The maximum Gasteiger partial charge on any atom is 0.278 e. The molecule has 1 fully saturated rings. The summed E-state index contributed by atoms with van der Waals surface area (Å²) in [5.74, 6) is -4.80. The molecule has 6 bridgehead atoms. The lowest BCUT2D eigenvalue weighted by Gasteiger charge is -2.37. The molecule has 3 atom stereocenters. The number of piperidine rings is 1. The quantitative estimate of drug-likeness (QED) is 0.283. The molecule has 1 aromatic heterocycles. The van der Waals surface area contributed by atoms with Crippen molar-refractivity contribution < 1.29 is 18.3 Å². The summed E-state index contributed by atoms with van der Waals surface area (Å²) in [6.07, 6.45) is 7.67. The molecule has 0 aliphatic carbocycles. The number of aryl methyl sites for hydroxylation is 1. The first kappa shape index (κ1) is 30.6. The number of aliphatic hydroxyl groups is 1. The Balaban J connectivity index is 1.52. The molecule has 3 aromatic rings. The van der Waals surface area contributed by atoms with Crippen LogP contribution in [0, 0.1) is 18.7 Å². The van der Waals surface area contributed by atoms with Gasteiger partial charge in [-0.15, -0.1) is 6.58 Å². The van der Waals surface area contributed by atoms with Crippen molar-refractivity contribution in [3.8, 4) is 0 Å². The van der Waals surface area contributed by atoms with E-state index >= 15 is 13.2 Å². The third-order valence-corrected chi connectivity index (χ3v) is 9.29. The fraction of sp³-hybridized carbons (Fsp3) is 0.514. The van der Waals surface area contributed by atoms with E-state index in [1.165, 1.54) is 17.7 Å². The minimum absolute atomic E-state index is 0.147. The van der Waals surface area contributed by atoms with Crippen LogP contribution in [0.3, 0.4) is 0 Å². The summed E-state index contributed by atoms with van der Waals surface area (Å²) in [5, 5.41) is 14.9.